The number of rotatable bonds is 7. The van der Waals surface area contributed by atoms with Crippen molar-refractivity contribution >= 4 is 41.0 Å². The fourth-order valence-corrected chi connectivity index (χ4v) is 2.72. The van der Waals surface area contributed by atoms with E-state index in [0.29, 0.717) is 0 Å². The lowest BCUT2D eigenvalue weighted by Gasteiger charge is -2.08. The van der Waals surface area contributed by atoms with Crippen LogP contribution in [0.25, 0.3) is 0 Å². The Labute approximate surface area is 180 Å². The smallest absolute Gasteiger partial charge is 0.341 e. The van der Waals surface area contributed by atoms with Gasteiger partial charge in [-0.3, -0.25) is 15.5 Å². The van der Waals surface area contributed by atoms with E-state index >= 15 is 0 Å². The highest BCUT2D eigenvalue weighted by molar-refractivity contribution is 6.43. The van der Waals surface area contributed by atoms with E-state index in [1.54, 1.807) is 0 Å². The summed E-state index contributed by atoms with van der Waals surface area (Å²) in [5.74, 6) is -4.47. The summed E-state index contributed by atoms with van der Waals surface area (Å²) in [6, 6.07) is 4.99. The van der Waals surface area contributed by atoms with Crippen LogP contribution in [0.15, 0.2) is 51.7 Å². The van der Waals surface area contributed by atoms with Gasteiger partial charge in [-0.1, -0.05) is 0 Å². The number of nitrogens with one attached hydrogen (secondary N) is 1. The first-order chi connectivity index (χ1) is 15.2. The largest absolute Gasteiger partial charge is 0.465 e. The maximum Gasteiger partial charge on any atom is 0.341 e. The molecule has 168 valence electrons. The number of non-ortho nitro benzene ring substituents is 1. The standard InChI is InChI=1S/C19H17N3O10/c1-29-16(23)11-12(17(24)30-2)14(19(26)32-4)15(13(11)18(25)31-3)21-20-9-5-7-10(8-6-9)22(27)28/h5-8,20H,1-4H3. The van der Waals surface area contributed by atoms with E-state index in [4.69, 9.17) is 0 Å². The molecule has 0 saturated heterocycles. The van der Waals surface area contributed by atoms with Gasteiger partial charge in [0.25, 0.3) is 5.69 Å². The number of esters is 4. The quantitative estimate of drug-likeness (QED) is 0.269. The van der Waals surface area contributed by atoms with Gasteiger partial charge in [0.05, 0.1) is 50.2 Å². The number of nitro benzene ring substituents is 1. The van der Waals surface area contributed by atoms with Gasteiger partial charge in [-0.05, 0) is 12.1 Å². The molecule has 1 aromatic carbocycles. The number of ether oxygens (including phenoxy) is 4. The normalized spacial score (nSPS) is 12.8. The first-order valence-electron chi connectivity index (χ1n) is 8.62. The number of anilines is 1. The van der Waals surface area contributed by atoms with Crippen molar-refractivity contribution in [3.8, 4) is 0 Å². The lowest BCUT2D eigenvalue weighted by Crippen LogP contribution is -2.21. The summed E-state index contributed by atoms with van der Waals surface area (Å²) in [7, 11) is 4.03. The molecule has 0 aliphatic heterocycles. The maximum atomic E-state index is 12.5. The number of methoxy groups -OCH3 is 4. The number of nitrogens with zero attached hydrogens (tertiary/aromatic N) is 2. The first kappa shape index (κ1) is 23.7. The number of nitro groups is 1. The zero-order valence-electron chi connectivity index (χ0n) is 17.3. The maximum absolute atomic E-state index is 12.5. The van der Waals surface area contributed by atoms with Crippen molar-refractivity contribution < 1.29 is 43.0 Å². The van der Waals surface area contributed by atoms with E-state index in [1.165, 1.54) is 24.3 Å². The number of carbonyl (C=O) groups is 4. The second-order valence-electron chi connectivity index (χ2n) is 5.84. The van der Waals surface area contributed by atoms with Crippen LogP contribution >= 0.6 is 0 Å². The summed E-state index contributed by atoms with van der Waals surface area (Å²) >= 11 is 0. The molecular weight excluding hydrogens is 430 g/mol. The molecule has 0 heterocycles. The Bertz CT molecular complexity index is 1030. The van der Waals surface area contributed by atoms with E-state index in [1.807, 2.05) is 0 Å². The van der Waals surface area contributed by atoms with Crippen LogP contribution in [-0.2, 0) is 38.1 Å². The van der Waals surface area contributed by atoms with Gasteiger partial charge in [0.2, 0.25) is 0 Å². The predicted molar refractivity (Wildman–Crippen MR) is 106 cm³/mol. The van der Waals surface area contributed by atoms with Crippen LogP contribution in [0.1, 0.15) is 0 Å². The topological polar surface area (TPSA) is 173 Å². The molecule has 13 heteroatoms. The minimum atomic E-state index is -1.13. The number of hydrazone groups is 1. The third-order valence-electron chi connectivity index (χ3n) is 4.16. The highest BCUT2D eigenvalue weighted by Crippen LogP contribution is 2.34. The molecule has 13 nitrogen and oxygen atoms in total. The van der Waals surface area contributed by atoms with Crippen molar-refractivity contribution in [1.82, 2.24) is 0 Å². The predicted octanol–water partition coefficient (Wildman–Crippen LogP) is 0.662. The zero-order valence-corrected chi connectivity index (χ0v) is 17.3. The van der Waals surface area contributed by atoms with Crippen LogP contribution < -0.4 is 5.43 Å². The SMILES string of the molecule is COC(=O)C1=C(C(=O)OC)C(C(=O)OC)=C(C(=O)OC)C1=NNc1ccc([N+](=O)[O-])cc1. The van der Waals surface area contributed by atoms with Crippen molar-refractivity contribution in [2.24, 2.45) is 5.10 Å². The van der Waals surface area contributed by atoms with Gasteiger partial charge in [-0.2, -0.15) is 5.10 Å². The number of hydrogen-bond donors (Lipinski definition) is 1. The first-order valence-corrected chi connectivity index (χ1v) is 8.62. The molecule has 0 fully saturated rings. The van der Waals surface area contributed by atoms with E-state index in [2.05, 4.69) is 29.5 Å². The molecule has 2 rings (SSSR count). The van der Waals surface area contributed by atoms with Crippen molar-refractivity contribution in [2.45, 2.75) is 0 Å². The van der Waals surface area contributed by atoms with E-state index in [9.17, 15) is 29.3 Å². The highest BCUT2D eigenvalue weighted by atomic mass is 16.6. The molecule has 0 atom stereocenters. The Morgan fingerprint density at radius 1 is 0.750 bits per heavy atom. The van der Waals surface area contributed by atoms with Crippen molar-refractivity contribution in [3.63, 3.8) is 0 Å². The minimum absolute atomic E-state index is 0.185. The summed E-state index contributed by atoms with van der Waals surface area (Å²) in [5.41, 5.74) is -0.209. The molecule has 1 aliphatic rings. The molecule has 0 unspecified atom stereocenters. The summed E-state index contributed by atoms with van der Waals surface area (Å²) in [6.07, 6.45) is 0. The van der Waals surface area contributed by atoms with E-state index in [-0.39, 0.29) is 11.4 Å². The van der Waals surface area contributed by atoms with Crippen molar-refractivity contribution in [1.29, 1.82) is 0 Å². The number of hydrogen-bond acceptors (Lipinski definition) is 12. The van der Waals surface area contributed by atoms with Crippen LogP contribution in [0.2, 0.25) is 0 Å². The van der Waals surface area contributed by atoms with Crippen molar-refractivity contribution in [2.75, 3.05) is 33.9 Å². The zero-order chi connectivity index (χ0) is 24.0. The fourth-order valence-electron chi connectivity index (χ4n) is 2.72. The van der Waals surface area contributed by atoms with Gasteiger partial charge in [0.1, 0.15) is 16.9 Å². The molecule has 1 aliphatic carbocycles. The Balaban J connectivity index is 2.75. The monoisotopic (exact) mass is 447 g/mol. The van der Waals surface area contributed by atoms with E-state index < -0.39 is 56.8 Å². The Morgan fingerprint density at radius 2 is 1.12 bits per heavy atom. The lowest BCUT2D eigenvalue weighted by molar-refractivity contribution is -0.384. The van der Waals surface area contributed by atoms with Crippen LogP contribution in [0, 0.1) is 10.1 Å². The Hall–Kier alpha value is -4.55. The highest BCUT2D eigenvalue weighted by Gasteiger charge is 2.45. The van der Waals surface area contributed by atoms with Gasteiger partial charge >= 0.3 is 23.9 Å². The van der Waals surface area contributed by atoms with Crippen LogP contribution in [0.3, 0.4) is 0 Å². The van der Waals surface area contributed by atoms with E-state index in [0.717, 1.165) is 28.4 Å². The lowest BCUT2D eigenvalue weighted by atomic mass is 10.1. The third-order valence-corrected chi connectivity index (χ3v) is 4.16. The number of carbonyl (C=O) groups excluding carboxylic acids is 4. The van der Waals surface area contributed by atoms with Crippen LogP contribution in [0.4, 0.5) is 11.4 Å². The Kier molecular flexibility index (Phi) is 7.39. The van der Waals surface area contributed by atoms with Crippen LogP contribution in [0.5, 0.6) is 0 Å². The summed E-state index contributed by atoms with van der Waals surface area (Å²) in [4.78, 5) is 60.0. The average Bonchev–Trinajstić information content (AvgIpc) is 3.15. The molecule has 1 aromatic rings. The van der Waals surface area contributed by atoms with Gasteiger partial charge < -0.3 is 18.9 Å². The molecule has 0 radical (unpaired) electrons. The molecule has 32 heavy (non-hydrogen) atoms. The molecule has 0 saturated carbocycles. The van der Waals surface area contributed by atoms with Gasteiger partial charge in [0.15, 0.2) is 0 Å². The van der Waals surface area contributed by atoms with Crippen molar-refractivity contribution in [3.05, 3.63) is 56.7 Å². The number of benzene rings is 1. The average molecular weight is 447 g/mol. The molecule has 0 bridgehead atoms. The second kappa shape index (κ2) is 9.97. The van der Waals surface area contributed by atoms with Gasteiger partial charge in [-0.15, -0.1) is 0 Å². The van der Waals surface area contributed by atoms with Crippen LogP contribution in [-0.4, -0.2) is 63.0 Å². The molecular formula is C19H17N3O10. The Morgan fingerprint density at radius 3 is 1.47 bits per heavy atom. The summed E-state index contributed by atoms with van der Waals surface area (Å²) < 4.78 is 18.7. The molecule has 0 aromatic heterocycles. The summed E-state index contributed by atoms with van der Waals surface area (Å²) in [6.45, 7) is 0. The molecule has 0 spiro atoms. The minimum Gasteiger partial charge on any atom is -0.465 e. The van der Waals surface area contributed by atoms with Gasteiger partial charge in [-0.25, -0.2) is 19.2 Å². The molecule has 1 N–H and O–H groups in total. The van der Waals surface area contributed by atoms with Gasteiger partial charge in [0, 0.05) is 12.1 Å². The molecule has 0 amide bonds. The fraction of sp³-hybridized carbons (Fsp3) is 0.211. The second-order valence-corrected chi connectivity index (χ2v) is 5.84. The summed E-state index contributed by atoms with van der Waals surface area (Å²) in [5, 5.41) is 14.8. The third kappa shape index (κ3) is 4.45.